The standard InChI is InChI=1S/C10H19N5OS/c1-15(7-10(16)4-2-3-5-10)6-8-13-14-9(12-11)17-8/h16H,2-7,11H2,1H3,(H,12,14). The second kappa shape index (κ2) is 5.26. The molecule has 0 aliphatic heterocycles. The van der Waals surface area contributed by atoms with Crippen molar-refractivity contribution in [3.8, 4) is 0 Å². The number of nitrogen functional groups attached to an aromatic ring is 1. The molecule has 0 atom stereocenters. The van der Waals surface area contributed by atoms with Gasteiger partial charge in [-0.05, 0) is 19.9 Å². The molecule has 0 radical (unpaired) electrons. The first-order chi connectivity index (χ1) is 8.11. The molecule has 1 aromatic rings. The number of nitrogens with zero attached hydrogens (tertiary/aromatic N) is 3. The molecule has 17 heavy (non-hydrogen) atoms. The van der Waals surface area contributed by atoms with E-state index in [0.717, 1.165) is 30.7 Å². The number of aromatic nitrogens is 2. The van der Waals surface area contributed by atoms with E-state index in [1.165, 1.54) is 11.3 Å². The Balaban J connectivity index is 1.86. The van der Waals surface area contributed by atoms with E-state index >= 15 is 0 Å². The summed E-state index contributed by atoms with van der Waals surface area (Å²) in [4.78, 5) is 2.09. The summed E-state index contributed by atoms with van der Waals surface area (Å²) >= 11 is 1.44. The Morgan fingerprint density at radius 1 is 1.47 bits per heavy atom. The van der Waals surface area contributed by atoms with Crippen LogP contribution in [0.2, 0.25) is 0 Å². The van der Waals surface area contributed by atoms with Crippen LogP contribution in [0.3, 0.4) is 0 Å². The maximum atomic E-state index is 10.3. The molecule has 0 aromatic carbocycles. The lowest BCUT2D eigenvalue weighted by Crippen LogP contribution is -2.38. The molecule has 0 bridgehead atoms. The van der Waals surface area contributed by atoms with Crippen molar-refractivity contribution in [1.82, 2.24) is 15.1 Å². The molecule has 7 heteroatoms. The zero-order chi connectivity index (χ0) is 12.3. The van der Waals surface area contributed by atoms with E-state index in [2.05, 4.69) is 20.5 Å². The van der Waals surface area contributed by atoms with Crippen LogP contribution in [0.5, 0.6) is 0 Å². The first-order valence-electron chi connectivity index (χ1n) is 5.81. The largest absolute Gasteiger partial charge is 0.389 e. The lowest BCUT2D eigenvalue weighted by molar-refractivity contribution is 0.0145. The molecule has 1 fully saturated rings. The maximum absolute atomic E-state index is 10.3. The molecule has 4 N–H and O–H groups in total. The van der Waals surface area contributed by atoms with Crippen molar-refractivity contribution in [2.45, 2.75) is 37.8 Å². The zero-order valence-corrected chi connectivity index (χ0v) is 10.8. The van der Waals surface area contributed by atoms with Crippen molar-refractivity contribution in [3.63, 3.8) is 0 Å². The fraction of sp³-hybridized carbons (Fsp3) is 0.800. The van der Waals surface area contributed by atoms with Crippen molar-refractivity contribution < 1.29 is 5.11 Å². The zero-order valence-electron chi connectivity index (χ0n) is 10.0. The molecular weight excluding hydrogens is 238 g/mol. The number of nitrogens with two attached hydrogens (primary N) is 1. The number of aliphatic hydroxyl groups is 1. The minimum absolute atomic E-state index is 0.506. The number of nitrogens with one attached hydrogen (secondary N) is 1. The van der Waals surface area contributed by atoms with Gasteiger partial charge in [-0.2, -0.15) is 0 Å². The predicted octanol–water partition coefficient (Wildman–Crippen LogP) is 0.561. The van der Waals surface area contributed by atoms with Gasteiger partial charge in [0.1, 0.15) is 5.01 Å². The summed E-state index contributed by atoms with van der Waals surface area (Å²) < 4.78 is 0. The highest BCUT2D eigenvalue weighted by Crippen LogP contribution is 2.30. The van der Waals surface area contributed by atoms with Crippen molar-refractivity contribution in [3.05, 3.63) is 5.01 Å². The van der Waals surface area contributed by atoms with Crippen LogP contribution in [0.1, 0.15) is 30.7 Å². The highest BCUT2D eigenvalue weighted by molar-refractivity contribution is 7.15. The Morgan fingerprint density at radius 2 is 2.18 bits per heavy atom. The van der Waals surface area contributed by atoms with Crippen LogP contribution < -0.4 is 11.3 Å². The van der Waals surface area contributed by atoms with Crippen LogP contribution in [0.4, 0.5) is 5.13 Å². The topological polar surface area (TPSA) is 87.3 Å². The Labute approximate surface area is 105 Å². The number of hydrazine groups is 1. The number of rotatable bonds is 5. The van der Waals surface area contributed by atoms with E-state index in [1.807, 2.05) is 7.05 Å². The average molecular weight is 257 g/mol. The minimum atomic E-state index is -0.506. The molecule has 2 rings (SSSR count). The molecule has 1 aliphatic carbocycles. The summed E-state index contributed by atoms with van der Waals surface area (Å²) in [5, 5.41) is 19.7. The van der Waals surface area contributed by atoms with Crippen molar-refractivity contribution in [2.24, 2.45) is 5.84 Å². The van der Waals surface area contributed by atoms with Gasteiger partial charge in [-0.25, -0.2) is 5.84 Å². The summed E-state index contributed by atoms with van der Waals surface area (Å²) in [6.45, 7) is 1.39. The molecule has 6 nitrogen and oxygen atoms in total. The number of anilines is 1. The van der Waals surface area contributed by atoms with Gasteiger partial charge in [0.25, 0.3) is 0 Å². The Kier molecular flexibility index (Phi) is 3.93. The van der Waals surface area contributed by atoms with E-state index < -0.39 is 5.60 Å². The summed E-state index contributed by atoms with van der Waals surface area (Å²) in [5.41, 5.74) is 1.97. The average Bonchev–Trinajstić information content (AvgIpc) is 2.87. The van der Waals surface area contributed by atoms with Gasteiger partial charge in [-0.1, -0.05) is 24.2 Å². The van der Waals surface area contributed by atoms with E-state index in [9.17, 15) is 5.11 Å². The third kappa shape index (κ3) is 3.35. The van der Waals surface area contributed by atoms with Gasteiger partial charge in [0.2, 0.25) is 5.13 Å². The van der Waals surface area contributed by atoms with Crippen molar-refractivity contribution >= 4 is 16.5 Å². The summed E-state index contributed by atoms with van der Waals surface area (Å²) in [7, 11) is 1.99. The summed E-state index contributed by atoms with van der Waals surface area (Å²) in [6.07, 6.45) is 4.07. The van der Waals surface area contributed by atoms with Crippen LogP contribution in [0.15, 0.2) is 0 Å². The predicted molar refractivity (Wildman–Crippen MR) is 67.5 cm³/mol. The summed E-state index contributed by atoms with van der Waals surface area (Å²) in [6, 6.07) is 0. The van der Waals surface area contributed by atoms with Gasteiger partial charge < -0.3 is 5.11 Å². The van der Waals surface area contributed by atoms with Gasteiger partial charge in [0.05, 0.1) is 12.1 Å². The van der Waals surface area contributed by atoms with Crippen LogP contribution in [0, 0.1) is 0 Å². The van der Waals surface area contributed by atoms with Crippen LogP contribution >= 0.6 is 11.3 Å². The Morgan fingerprint density at radius 3 is 2.76 bits per heavy atom. The molecule has 1 saturated carbocycles. The molecule has 0 saturated heterocycles. The smallest absolute Gasteiger partial charge is 0.219 e. The van der Waals surface area contributed by atoms with Crippen molar-refractivity contribution in [2.75, 3.05) is 19.0 Å². The second-order valence-corrected chi connectivity index (χ2v) is 5.81. The highest BCUT2D eigenvalue weighted by atomic mass is 32.1. The van der Waals surface area contributed by atoms with E-state index in [0.29, 0.717) is 18.2 Å². The fourth-order valence-electron chi connectivity index (χ4n) is 2.36. The second-order valence-electron chi connectivity index (χ2n) is 4.75. The van der Waals surface area contributed by atoms with Gasteiger partial charge in [-0.15, -0.1) is 10.2 Å². The van der Waals surface area contributed by atoms with Crippen molar-refractivity contribution in [1.29, 1.82) is 0 Å². The van der Waals surface area contributed by atoms with Gasteiger partial charge >= 0.3 is 0 Å². The molecule has 96 valence electrons. The molecule has 1 heterocycles. The van der Waals surface area contributed by atoms with Gasteiger partial charge in [-0.3, -0.25) is 10.3 Å². The number of likely N-dealkylation sites (N-methyl/N-ethyl adjacent to an activating group) is 1. The third-order valence-corrected chi connectivity index (χ3v) is 3.93. The molecule has 1 aliphatic rings. The lowest BCUT2D eigenvalue weighted by atomic mass is 10.0. The van der Waals surface area contributed by atoms with Gasteiger partial charge in [0.15, 0.2) is 0 Å². The van der Waals surface area contributed by atoms with E-state index in [4.69, 9.17) is 5.84 Å². The quantitative estimate of drug-likeness (QED) is 0.528. The molecular formula is C10H19N5OS. The Hall–Kier alpha value is -0.760. The number of hydrogen-bond donors (Lipinski definition) is 3. The molecule has 0 unspecified atom stereocenters. The maximum Gasteiger partial charge on any atom is 0.219 e. The highest BCUT2D eigenvalue weighted by Gasteiger charge is 2.32. The molecule has 1 aromatic heterocycles. The van der Waals surface area contributed by atoms with Crippen LogP contribution in [-0.4, -0.2) is 39.4 Å². The number of hydrogen-bond acceptors (Lipinski definition) is 7. The Bertz CT molecular complexity index is 363. The first kappa shape index (κ1) is 12.7. The minimum Gasteiger partial charge on any atom is -0.389 e. The van der Waals surface area contributed by atoms with Gasteiger partial charge in [0, 0.05) is 6.54 Å². The monoisotopic (exact) mass is 257 g/mol. The normalized spacial score (nSPS) is 18.8. The van der Waals surface area contributed by atoms with E-state index in [1.54, 1.807) is 0 Å². The fourth-order valence-corrected chi connectivity index (χ4v) is 3.09. The van der Waals surface area contributed by atoms with E-state index in [-0.39, 0.29) is 0 Å². The SMILES string of the molecule is CN(Cc1nnc(NN)s1)CC1(O)CCCC1. The molecule has 0 spiro atoms. The van der Waals surface area contributed by atoms with Crippen LogP contribution in [0.25, 0.3) is 0 Å². The lowest BCUT2D eigenvalue weighted by Gasteiger charge is -2.27. The first-order valence-corrected chi connectivity index (χ1v) is 6.63. The van der Waals surface area contributed by atoms with Crippen LogP contribution in [-0.2, 0) is 6.54 Å². The molecule has 0 amide bonds. The third-order valence-electron chi connectivity index (χ3n) is 3.09. The summed E-state index contributed by atoms with van der Waals surface area (Å²) in [5.74, 6) is 5.25.